The van der Waals surface area contributed by atoms with E-state index < -0.39 is 0 Å². The molecule has 1 saturated carbocycles. The fourth-order valence-electron chi connectivity index (χ4n) is 2.47. The van der Waals surface area contributed by atoms with Crippen molar-refractivity contribution in [3.8, 4) is 5.88 Å². The second-order valence-electron chi connectivity index (χ2n) is 5.72. The van der Waals surface area contributed by atoms with E-state index in [1.807, 2.05) is 37.7 Å². The summed E-state index contributed by atoms with van der Waals surface area (Å²) in [7, 11) is 0. The number of aromatic nitrogens is 1. The Labute approximate surface area is 120 Å². The number of hydrogen-bond donors (Lipinski definition) is 1. The minimum Gasteiger partial charge on any atom is -0.473 e. The fraction of sp³-hybridized carbons (Fsp3) is 0.667. The van der Waals surface area contributed by atoms with E-state index in [4.69, 9.17) is 10.5 Å². The largest absolute Gasteiger partial charge is 0.473 e. The van der Waals surface area contributed by atoms with Crippen LogP contribution in [0.3, 0.4) is 0 Å². The molecular weight excluding hydrogens is 256 g/mol. The number of ether oxygens (including phenoxy) is 1. The maximum Gasteiger partial charge on any atom is 0.238 e. The van der Waals surface area contributed by atoms with Crippen molar-refractivity contribution >= 4 is 17.4 Å². The van der Waals surface area contributed by atoms with Gasteiger partial charge < -0.3 is 10.5 Å². The standard InChI is InChI=1S/C15H24N2OS/c1-10(2)18-15-13(16)7-8-14(17-15)19-12-6-4-5-11(3)9-12/h7-8,10-12H,4-6,9,16H2,1-3H3. The first-order valence-corrected chi connectivity index (χ1v) is 8.02. The number of hydrogen-bond acceptors (Lipinski definition) is 4. The SMILES string of the molecule is CC1CCCC(Sc2ccc(N)c(OC(C)C)n2)C1. The van der Waals surface area contributed by atoms with Crippen LogP contribution in [0.15, 0.2) is 17.2 Å². The van der Waals surface area contributed by atoms with E-state index in [1.165, 1.54) is 25.7 Å². The summed E-state index contributed by atoms with van der Waals surface area (Å²) in [5.74, 6) is 1.41. The van der Waals surface area contributed by atoms with Crippen LogP contribution in [0, 0.1) is 5.92 Å². The highest BCUT2D eigenvalue weighted by atomic mass is 32.2. The Morgan fingerprint density at radius 1 is 1.37 bits per heavy atom. The highest BCUT2D eigenvalue weighted by molar-refractivity contribution is 7.99. The molecule has 1 aliphatic carbocycles. The predicted octanol–water partition coefficient (Wildman–Crippen LogP) is 4.12. The maximum absolute atomic E-state index is 5.90. The molecule has 1 aliphatic rings. The zero-order valence-corrected chi connectivity index (χ0v) is 12.9. The smallest absolute Gasteiger partial charge is 0.238 e. The summed E-state index contributed by atoms with van der Waals surface area (Å²) in [4.78, 5) is 4.55. The first-order chi connectivity index (χ1) is 9.04. The van der Waals surface area contributed by atoms with E-state index in [-0.39, 0.29) is 6.10 Å². The lowest BCUT2D eigenvalue weighted by Gasteiger charge is -2.26. The first kappa shape index (κ1) is 14.5. The van der Waals surface area contributed by atoms with E-state index in [0.717, 1.165) is 10.9 Å². The number of pyridine rings is 1. The van der Waals surface area contributed by atoms with Crippen LogP contribution in [-0.2, 0) is 0 Å². The monoisotopic (exact) mass is 280 g/mol. The van der Waals surface area contributed by atoms with Gasteiger partial charge in [-0.3, -0.25) is 0 Å². The van der Waals surface area contributed by atoms with Gasteiger partial charge in [-0.1, -0.05) is 19.8 Å². The summed E-state index contributed by atoms with van der Waals surface area (Å²) < 4.78 is 5.65. The van der Waals surface area contributed by atoms with Gasteiger partial charge in [0.25, 0.3) is 0 Å². The van der Waals surface area contributed by atoms with Gasteiger partial charge in [-0.2, -0.15) is 0 Å². The van der Waals surface area contributed by atoms with Gasteiger partial charge in [0, 0.05) is 5.25 Å². The summed E-state index contributed by atoms with van der Waals surface area (Å²) in [5, 5.41) is 1.72. The quantitative estimate of drug-likeness (QED) is 0.901. The van der Waals surface area contributed by atoms with Crippen molar-refractivity contribution in [2.24, 2.45) is 5.92 Å². The Balaban J connectivity index is 2.03. The van der Waals surface area contributed by atoms with Gasteiger partial charge in [0.05, 0.1) is 11.8 Å². The van der Waals surface area contributed by atoms with Crippen LogP contribution in [0.25, 0.3) is 0 Å². The summed E-state index contributed by atoms with van der Waals surface area (Å²) in [6.07, 6.45) is 5.39. The number of anilines is 1. The van der Waals surface area contributed by atoms with Crippen LogP contribution in [0.2, 0.25) is 0 Å². The molecule has 3 nitrogen and oxygen atoms in total. The minimum absolute atomic E-state index is 0.102. The lowest BCUT2D eigenvalue weighted by atomic mass is 9.91. The third kappa shape index (κ3) is 4.30. The third-order valence-electron chi connectivity index (χ3n) is 3.39. The molecule has 19 heavy (non-hydrogen) atoms. The van der Waals surface area contributed by atoms with Crippen molar-refractivity contribution < 1.29 is 4.74 Å². The highest BCUT2D eigenvalue weighted by Crippen LogP contribution is 2.36. The number of nitrogen functional groups attached to an aromatic ring is 1. The predicted molar refractivity (Wildman–Crippen MR) is 81.7 cm³/mol. The topological polar surface area (TPSA) is 48.1 Å². The van der Waals surface area contributed by atoms with Crippen LogP contribution in [0.4, 0.5) is 5.69 Å². The average Bonchev–Trinajstić information content (AvgIpc) is 2.33. The Kier molecular flexibility index (Phi) is 4.97. The zero-order chi connectivity index (χ0) is 13.8. The molecule has 1 aromatic heterocycles. The molecule has 0 spiro atoms. The molecule has 1 fully saturated rings. The molecular formula is C15H24N2OS. The molecule has 2 rings (SSSR count). The normalized spacial score (nSPS) is 23.6. The molecule has 1 heterocycles. The van der Waals surface area contributed by atoms with Gasteiger partial charge in [-0.15, -0.1) is 11.8 Å². The van der Waals surface area contributed by atoms with Crippen molar-refractivity contribution in [2.45, 2.75) is 62.8 Å². The van der Waals surface area contributed by atoms with Gasteiger partial charge in [-0.05, 0) is 44.7 Å². The van der Waals surface area contributed by atoms with Crippen molar-refractivity contribution in [1.29, 1.82) is 0 Å². The molecule has 0 saturated heterocycles. The number of nitrogens with zero attached hydrogens (tertiary/aromatic N) is 1. The lowest BCUT2D eigenvalue weighted by Crippen LogP contribution is -2.15. The lowest BCUT2D eigenvalue weighted by molar-refractivity contribution is 0.232. The van der Waals surface area contributed by atoms with E-state index >= 15 is 0 Å². The van der Waals surface area contributed by atoms with Crippen molar-refractivity contribution in [2.75, 3.05) is 5.73 Å². The summed E-state index contributed by atoms with van der Waals surface area (Å²) in [5.41, 5.74) is 6.52. The first-order valence-electron chi connectivity index (χ1n) is 7.14. The maximum atomic E-state index is 5.90. The second kappa shape index (κ2) is 6.51. The van der Waals surface area contributed by atoms with Gasteiger partial charge in [0.1, 0.15) is 5.03 Å². The van der Waals surface area contributed by atoms with Crippen LogP contribution in [-0.4, -0.2) is 16.3 Å². The van der Waals surface area contributed by atoms with Crippen LogP contribution in [0.5, 0.6) is 5.88 Å². The summed E-state index contributed by atoms with van der Waals surface area (Å²) in [6.45, 7) is 6.32. The van der Waals surface area contributed by atoms with E-state index in [1.54, 1.807) is 0 Å². The fourth-order valence-corrected chi connectivity index (χ4v) is 3.81. The molecule has 4 heteroatoms. The Morgan fingerprint density at radius 3 is 2.84 bits per heavy atom. The van der Waals surface area contributed by atoms with Crippen LogP contribution >= 0.6 is 11.8 Å². The molecule has 0 aromatic carbocycles. The molecule has 106 valence electrons. The number of thioether (sulfide) groups is 1. The highest BCUT2D eigenvalue weighted by Gasteiger charge is 2.20. The van der Waals surface area contributed by atoms with Gasteiger partial charge in [0.15, 0.2) is 0 Å². The molecule has 2 unspecified atom stereocenters. The molecule has 0 radical (unpaired) electrons. The molecule has 2 atom stereocenters. The molecule has 0 amide bonds. The molecule has 2 N–H and O–H groups in total. The van der Waals surface area contributed by atoms with Crippen molar-refractivity contribution in [1.82, 2.24) is 4.98 Å². The Hall–Kier alpha value is -0.900. The zero-order valence-electron chi connectivity index (χ0n) is 12.1. The van der Waals surface area contributed by atoms with Gasteiger partial charge >= 0.3 is 0 Å². The Morgan fingerprint density at radius 2 is 2.16 bits per heavy atom. The number of nitrogens with two attached hydrogens (primary N) is 1. The molecule has 0 aliphatic heterocycles. The minimum atomic E-state index is 0.102. The van der Waals surface area contributed by atoms with E-state index in [0.29, 0.717) is 16.8 Å². The summed E-state index contributed by atoms with van der Waals surface area (Å²) >= 11 is 1.87. The van der Waals surface area contributed by atoms with Crippen molar-refractivity contribution in [3.05, 3.63) is 12.1 Å². The van der Waals surface area contributed by atoms with E-state index in [2.05, 4.69) is 11.9 Å². The Bertz CT molecular complexity index is 423. The van der Waals surface area contributed by atoms with Gasteiger partial charge in [0.2, 0.25) is 5.88 Å². The van der Waals surface area contributed by atoms with Gasteiger partial charge in [-0.25, -0.2) is 4.98 Å². The summed E-state index contributed by atoms with van der Waals surface area (Å²) in [6, 6.07) is 3.91. The third-order valence-corrected chi connectivity index (χ3v) is 4.62. The second-order valence-corrected chi connectivity index (χ2v) is 7.04. The van der Waals surface area contributed by atoms with Crippen LogP contribution in [0.1, 0.15) is 46.5 Å². The molecule has 0 bridgehead atoms. The van der Waals surface area contributed by atoms with E-state index in [9.17, 15) is 0 Å². The van der Waals surface area contributed by atoms with Crippen molar-refractivity contribution in [3.63, 3.8) is 0 Å². The average molecular weight is 280 g/mol. The molecule has 1 aromatic rings. The van der Waals surface area contributed by atoms with Crippen LogP contribution < -0.4 is 10.5 Å². The number of rotatable bonds is 4.